The summed E-state index contributed by atoms with van der Waals surface area (Å²) < 4.78 is 6.28. The van der Waals surface area contributed by atoms with Crippen molar-refractivity contribution in [3.05, 3.63) is 52.3 Å². The number of fused-ring (bicyclic) bond motifs is 1. The van der Waals surface area contributed by atoms with Crippen LogP contribution in [-0.4, -0.2) is 15.7 Å². The summed E-state index contributed by atoms with van der Waals surface area (Å²) in [6, 6.07) is 5.70. The molecule has 23 heavy (non-hydrogen) atoms. The number of pyridine rings is 1. The second kappa shape index (κ2) is 5.62. The Labute approximate surface area is 137 Å². The Bertz CT molecular complexity index is 815. The van der Waals surface area contributed by atoms with E-state index in [0.717, 1.165) is 46.5 Å². The van der Waals surface area contributed by atoms with Crippen LogP contribution >= 0.6 is 0 Å². The minimum atomic E-state index is -0.537. The molecule has 1 unspecified atom stereocenters. The van der Waals surface area contributed by atoms with Crippen molar-refractivity contribution >= 4 is 0 Å². The minimum absolute atomic E-state index is 0.382. The lowest BCUT2D eigenvalue weighted by molar-refractivity contribution is 0.122. The van der Waals surface area contributed by atoms with E-state index in [0.29, 0.717) is 5.75 Å². The van der Waals surface area contributed by atoms with Crippen molar-refractivity contribution in [2.75, 3.05) is 0 Å². The van der Waals surface area contributed by atoms with E-state index in [1.54, 1.807) is 6.20 Å². The summed E-state index contributed by atoms with van der Waals surface area (Å²) in [6.45, 7) is 7.88. The highest BCUT2D eigenvalue weighted by Crippen LogP contribution is 2.43. The standard InChI is InChI=1S/C20H21NO2/c1-13-14(2)19-17(15(3)18(13)22)9-11-20(4,23-19)10-8-16-7-5-6-12-21-16/h5-7,12,22H,9,11H2,1-4H3. The number of phenolic OH excluding ortho intramolecular Hbond substituents is 1. The Balaban J connectivity index is 1.98. The van der Waals surface area contributed by atoms with Gasteiger partial charge in [-0.25, -0.2) is 4.98 Å². The van der Waals surface area contributed by atoms with Gasteiger partial charge in [0.15, 0.2) is 5.60 Å². The molecule has 3 nitrogen and oxygen atoms in total. The molecule has 3 rings (SSSR count). The fourth-order valence-electron chi connectivity index (χ4n) is 2.97. The second-order valence-corrected chi connectivity index (χ2v) is 6.33. The first-order chi connectivity index (χ1) is 10.9. The van der Waals surface area contributed by atoms with Gasteiger partial charge in [0.05, 0.1) is 0 Å². The predicted octanol–water partition coefficient (Wildman–Crippen LogP) is 3.85. The van der Waals surface area contributed by atoms with Crippen molar-refractivity contribution in [3.8, 4) is 23.3 Å². The van der Waals surface area contributed by atoms with E-state index in [9.17, 15) is 5.11 Å². The molecule has 3 heteroatoms. The quantitative estimate of drug-likeness (QED) is 0.752. The van der Waals surface area contributed by atoms with Crippen LogP contribution in [0.2, 0.25) is 0 Å². The van der Waals surface area contributed by atoms with Gasteiger partial charge in [-0.05, 0) is 74.8 Å². The molecule has 2 aromatic rings. The molecule has 1 aromatic carbocycles. The lowest BCUT2D eigenvalue weighted by Gasteiger charge is -2.34. The van der Waals surface area contributed by atoms with E-state index < -0.39 is 5.60 Å². The van der Waals surface area contributed by atoms with E-state index in [-0.39, 0.29) is 0 Å². The van der Waals surface area contributed by atoms with Gasteiger partial charge in [-0.3, -0.25) is 0 Å². The number of benzene rings is 1. The summed E-state index contributed by atoms with van der Waals surface area (Å²) >= 11 is 0. The molecule has 0 aliphatic carbocycles. The van der Waals surface area contributed by atoms with Crippen LogP contribution in [0.4, 0.5) is 0 Å². The molecule has 1 aliphatic heterocycles. The van der Waals surface area contributed by atoms with Crippen molar-refractivity contribution in [2.45, 2.75) is 46.1 Å². The number of phenols is 1. The molecule has 118 valence electrons. The van der Waals surface area contributed by atoms with Crippen LogP contribution in [0.5, 0.6) is 11.5 Å². The second-order valence-electron chi connectivity index (χ2n) is 6.33. The SMILES string of the molecule is Cc1c(C)c2c(c(C)c1O)CCC(C)(C#Cc1ccccn1)O2. The average Bonchev–Trinajstić information content (AvgIpc) is 2.57. The van der Waals surface area contributed by atoms with Crippen molar-refractivity contribution < 1.29 is 9.84 Å². The molecule has 1 aromatic heterocycles. The molecule has 2 heterocycles. The molecule has 1 aliphatic rings. The zero-order chi connectivity index (χ0) is 16.6. The fraction of sp³-hybridized carbons (Fsp3) is 0.350. The van der Waals surface area contributed by atoms with Crippen molar-refractivity contribution in [1.82, 2.24) is 4.98 Å². The molecule has 1 atom stereocenters. The summed E-state index contributed by atoms with van der Waals surface area (Å²) in [4.78, 5) is 4.23. The number of rotatable bonds is 0. The van der Waals surface area contributed by atoms with Gasteiger partial charge in [0.25, 0.3) is 0 Å². The Morgan fingerprint density at radius 1 is 1.17 bits per heavy atom. The molecule has 0 saturated carbocycles. The van der Waals surface area contributed by atoms with Gasteiger partial charge in [0, 0.05) is 18.2 Å². The number of nitrogens with zero attached hydrogens (tertiary/aromatic N) is 1. The van der Waals surface area contributed by atoms with E-state index in [1.807, 2.05) is 45.9 Å². The number of hydrogen-bond donors (Lipinski definition) is 1. The number of aromatic nitrogens is 1. The molecule has 1 N–H and O–H groups in total. The lowest BCUT2D eigenvalue weighted by atomic mass is 9.87. The van der Waals surface area contributed by atoms with Gasteiger partial charge in [0.1, 0.15) is 17.2 Å². The Kier molecular flexibility index (Phi) is 3.77. The highest BCUT2D eigenvalue weighted by Gasteiger charge is 2.33. The monoisotopic (exact) mass is 307 g/mol. The van der Waals surface area contributed by atoms with E-state index in [4.69, 9.17) is 4.74 Å². The Hall–Kier alpha value is -2.47. The molecule has 0 saturated heterocycles. The molecular weight excluding hydrogens is 286 g/mol. The van der Waals surface area contributed by atoms with E-state index in [2.05, 4.69) is 16.8 Å². The van der Waals surface area contributed by atoms with Gasteiger partial charge in [-0.15, -0.1) is 0 Å². The Morgan fingerprint density at radius 3 is 2.65 bits per heavy atom. The van der Waals surface area contributed by atoms with Crippen LogP contribution in [0.15, 0.2) is 24.4 Å². The van der Waals surface area contributed by atoms with E-state index >= 15 is 0 Å². The number of ether oxygens (including phenoxy) is 1. The van der Waals surface area contributed by atoms with Gasteiger partial charge in [-0.1, -0.05) is 6.07 Å². The van der Waals surface area contributed by atoms with Crippen LogP contribution in [-0.2, 0) is 6.42 Å². The fourth-order valence-corrected chi connectivity index (χ4v) is 2.97. The van der Waals surface area contributed by atoms with Crippen LogP contribution < -0.4 is 4.74 Å². The molecule has 0 spiro atoms. The zero-order valence-electron chi connectivity index (χ0n) is 14.0. The number of aromatic hydroxyl groups is 1. The summed E-state index contributed by atoms with van der Waals surface area (Å²) in [7, 11) is 0. The maximum atomic E-state index is 10.2. The molecule has 0 bridgehead atoms. The Morgan fingerprint density at radius 2 is 1.96 bits per heavy atom. The van der Waals surface area contributed by atoms with E-state index in [1.165, 1.54) is 0 Å². The smallest absolute Gasteiger partial charge is 0.167 e. The lowest BCUT2D eigenvalue weighted by Crippen LogP contribution is -2.35. The number of hydrogen-bond acceptors (Lipinski definition) is 3. The van der Waals surface area contributed by atoms with Gasteiger partial charge < -0.3 is 9.84 Å². The molecular formula is C20H21NO2. The maximum Gasteiger partial charge on any atom is 0.167 e. The van der Waals surface area contributed by atoms with Gasteiger partial charge in [-0.2, -0.15) is 0 Å². The maximum absolute atomic E-state index is 10.2. The van der Waals surface area contributed by atoms with Gasteiger partial charge in [0.2, 0.25) is 0 Å². The highest BCUT2D eigenvalue weighted by molar-refractivity contribution is 5.58. The third-order valence-electron chi connectivity index (χ3n) is 4.64. The first kappa shape index (κ1) is 15.4. The average molecular weight is 307 g/mol. The zero-order valence-corrected chi connectivity index (χ0v) is 14.0. The van der Waals surface area contributed by atoms with Gasteiger partial charge >= 0.3 is 0 Å². The normalized spacial score (nSPS) is 19.3. The highest BCUT2D eigenvalue weighted by atomic mass is 16.5. The molecule has 0 fully saturated rings. The molecule has 0 amide bonds. The first-order valence-corrected chi connectivity index (χ1v) is 7.86. The van der Waals surface area contributed by atoms with Crippen molar-refractivity contribution in [1.29, 1.82) is 0 Å². The van der Waals surface area contributed by atoms with Crippen molar-refractivity contribution in [2.24, 2.45) is 0 Å². The molecule has 0 radical (unpaired) electrons. The van der Waals surface area contributed by atoms with Crippen LogP contribution in [0, 0.1) is 32.6 Å². The predicted molar refractivity (Wildman–Crippen MR) is 90.8 cm³/mol. The largest absolute Gasteiger partial charge is 0.507 e. The third-order valence-corrected chi connectivity index (χ3v) is 4.64. The van der Waals surface area contributed by atoms with Crippen LogP contribution in [0.25, 0.3) is 0 Å². The summed E-state index contributed by atoms with van der Waals surface area (Å²) in [5, 5.41) is 10.2. The third kappa shape index (κ3) is 2.77. The topological polar surface area (TPSA) is 42.4 Å². The van der Waals surface area contributed by atoms with Crippen molar-refractivity contribution in [3.63, 3.8) is 0 Å². The minimum Gasteiger partial charge on any atom is -0.507 e. The summed E-state index contributed by atoms with van der Waals surface area (Å²) in [5.74, 6) is 7.61. The summed E-state index contributed by atoms with van der Waals surface area (Å²) in [6.07, 6.45) is 3.38. The first-order valence-electron chi connectivity index (χ1n) is 7.86. The van der Waals surface area contributed by atoms with Crippen LogP contribution in [0.1, 0.15) is 41.3 Å². The van der Waals surface area contributed by atoms with Crippen LogP contribution in [0.3, 0.4) is 0 Å². The summed E-state index contributed by atoms with van der Waals surface area (Å²) in [5.41, 5.74) is 4.10.